The first-order chi connectivity index (χ1) is 9.74. The van der Waals surface area contributed by atoms with E-state index in [1.165, 1.54) is 16.9 Å². The van der Waals surface area contributed by atoms with Crippen molar-refractivity contribution in [3.63, 3.8) is 0 Å². The molecule has 0 fully saturated rings. The van der Waals surface area contributed by atoms with Crippen LogP contribution in [0.3, 0.4) is 0 Å². The van der Waals surface area contributed by atoms with Crippen LogP contribution >= 0.6 is 11.3 Å². The molecule has 0 radical (unpaired) electrons. The van der Waals surface area contributed by atoms with Gasteiger partial charge in [0.05, 0.1) is 11.9 Å². The second kappa shape index (κ2) is 5.79. The number of fused-ring (bicyclic) bond motifs is 1. The van der Waals surface area contributed by atoms with Crippen LogP contribution in [0.2, 0.25) is 0 Å². The number of carbonyl (C=O) groups is 1. The van der Waals surface area contributed by atoms with Crippen LogP contribution in [0.4, 0.5) is 0 Å². The molecule has 1 aliphatic rings. The molecular formula is C15H19N3OS. The topological polar surface area (TPSA) is 57.8 Å². The highest BCUT2D eigenvalue weighted by atomic mass is 32.1. The molecule has 2 heterocycles. The second-order valence-corrected chi connectivity index (χ2v) is 6.45. The van der Waals surface area contributed by atoms with Crippen LogP contribution in [-0.2, 0) is 19.3 Å². The summed E-state index contributed by atoms with van der Waals surface area (Å²) in [4.78, 5) is 20.7. The summed E-state index contributed by atoms with van der Waals surface area (Å²) in [5.41, 5.74) is 3.22. The zero-order chi connectivity index (χ0) is 13.9. The average molecular weight is 289 g/mol. The van der Waals surface area contributed by atoms with E-state index in [1.54, 1.807) is 23.9 Å². The monoisotopic (exact) mass is 289 g/mol. The van der Waals surface area contributed by atoms with Crippen molar-refractivity contribution in [3.05, 3.63) is 39.6 Å². The van der Waals surface area contributed by atoms with E-state index in [0.717, 1.165) is 36.4 Å². The highest BCUT2D eigenvalue weighted by Crippen LogP contribution is 2.32. The van der Waals surface area contributed by atoms with Gasteiger partial charge in [-0.1, -0.05) is 6.92 Å². The van der Waals surface area contributed by atoms with Gasteiger partial charge < -0.3 is 10.3 Å². The first kappa shape index (κ1) is 13.4. The molecule has 0 aliphatic heterocycles. The third-order valence-electron chi connectivity index (χ3n) is 3.88. The second-order valence-electron chi connectivity index (χ2n) is 5.48. The Bertz CT molecular complexity index is 588. The lowest BCUT2D eigenvalue weighted by Crippen LogP contribution is -2.26. The average Bonchev–Trinajstić information content (AvgIpc) is 3.07. The fourth-order valence-corrected chi connectivity index (χ4v) is 3.94. The highest BCUT2D eigenvalue weighted by Gasteiger charge is 2.22. The zero-order valence-corrected chi connectivity index (χ0v) is 12.4. The van der Waals surface area contributed by atoms with E-state index < -0.39 is 0 Å². The molecule has 5 heteroatoms. The van der Waals surface area contributed by atoms with Crippen molar-refractivity contribution in [2.75, 3.05) is 6.54 Å². The molecule has 1 atom stereocenters. The number of thiophene rings is 1. The van der Waals surface area contributed by atoms with Crippen molar-refractivity contribution in [1.82, 2.24) is 15.3 Å². The Kier molecular flexibility index (Phi) is 3.87. The highest BCUT2D eigenvalue weighted by molar-refractivity contribution is 7.10. The molecule has 2 N–H and O–H groups in total. The molecule has 0 bridgehead atoms. The van der Waals surface area contributed by atoms with E-state index in [-0.39, 0.29) is 5.91 Å². The normalized spacial score (nSPS) is 17.8. The number of H-pyrrole nitrogens is 1. The molecule has 1 aliphatic carbocycles. The summed E-state index contributed by atoms with van der Waals surface area (Å²) in [6.45, 7) is 2.93. The Morgan fingerprint density at radius 1 is 1.60 bits per heavy atom. The van der Waals surface area contributed by atoms with Gasteiger partial charge in [0.1, 0.15) is 0 Å². The predicted octanol–water partition coefficient (Wildman–Crippen LogP) is 2.57. The van der Waals surface area contributed by atoms with Gasteiger partial charge >= 0.3 is 0 Å². The summed E-state index contributed by atoms with van der Waals surface area (Å²) < 4.78 is 0. The van der Waals surface area contributed by atoms with E-state index in [4.69, 9.17) is 0 Å². The molecule has 0 saturated heterocycles. The molecule has 1 amide bonds. The molecule has 106 valence electrons. The molecule has 2 aromatic rings. The maximum absolute atomic E-state index is 12.3. The van der Waals surface area contributed by atoms with E-state index in [9.17, 15) is 4.79 Å². The number of hydrogen-bond donors (Lipinski definition) is 2. The Morgan fingerprint density at radius 2 is 2.50 bits per heavy atom. The maximum Gasteiger partial charge on any atom is 0.252 e. The Balaban J connectivity index is 1.60. The lowest BCUT2D eigenvalue weighted by molar-refractivity contribution is 0.0953. The summed E-state index contributed by atoms with van der Waals surface area (Å²) in [5, 5.41) is 5.03. The van der Waals surface area contributed by atoms with E-state index >= 15 is 0 Å². The van der Waals surface area contributed by atoms with Crippen LogP contribution in [0, 0.1) is 5.92 Å². The molecule has 0 aromatic carbocycles. The lowest BCUT2D eigenvalue weighted by Gasteiger charge is -2.18. The van der Waals surface area contributed by atoms with Crippen molar-refractivity contribution in [1.29, 1.82) is 0 Å². The summed E-state index contributed by atoms with van der Waals surface area (Å²) in [6.07, 6.45) is 7.60. The minimum absolute atomic E-state index is 0.0663. The Morgan fingerprint density at radius 3 is 3.30 bits per heavy atom. The molecule has 20 heavy (non-hydrogen) atoms. The molecule has 1 unspecified atom stereocenters. The van der Waals surface area contributed by atoms with Crippen molar-refractivity contribution in [3.8, 4) is 0 Å². The molecule has 0 saturated carbocycles. The van der Waals surface area contributed by atoms with Crippen LogP contribution in [0.1, 0.15) is 39.8 Å². The summed E-state index contributed by atoms with van der Waals surface area (Å²) in [6, 6.07) is 0. The van der Waals surface area contributed by atoms with Gasteiger partial charge in [-0.3, -0.25) is 4.79 Å². The number of aromatic nitrogens is 2. The maximum atomic E-state index is 12.3. The third-order valence-corrected chi connectivity index (χ3v) is 4.93. The molecule has 0 spiro atoms. The zero-order valence-electron chi connectivity index (χ0n) is 11.6. The number of nitrogens with zero attached hydrogens (tertiary/aromatic N) is 1. The quantitative estimate of drug-likeness (QED) is 0.909. The van der Waals surface area contributed by atoms with Gasteiger partial charge in [-0.05, 0) is 30.7 Å². The van der Waals surface area contributed by atoms with Crippen LogP contribution in [-0.4, -0.2) is 22.4 Å². The van der Waals surface area contributed by atoms with Crippen LogP contribution < -0.4 is 5.32 Å². The van der Waals surface area contributed by atoms with Crippen molar-refractivity contribution in [2.24, 2.45) is 5.92 Å². The number of rotatable bonds is 4. The Hall–Kier alpha value is -1.62. The first-order valence-corrected chi connectivity index (χ1v) is 7.96. The minimum Gasteiger partial charge on any atom is -0.352 e. The van der Waals surface area contributed by atoms with Gasteiger partial charge in [0.25, 0.3) is 5.91 Å². The fourth-order valence-electron chi connectivity index (χ4n) is 2.70. The molecule has 2 aromatic heterocycles. The minimum atomic E-state index is 0.0663. The largest absolute Gasteiger partial charge is 0.352 e. The Labute approximate surface area is 122 Å². The lowest BCUT2D eigenvalue weighted by atomic mass is 9.88. The smallest absolute Gasteiger partial charge is 0.252 e. The number of imidazole rings is 1. The summed E-state index contributed by atoms with van der Waals surface area (Å²) >= 11 is 1.74. The molecule has 3 rings (SSSR count). The number of hydrogen-bond acceptors (Lipinski definition) is 3. The van der Waals surface area contributed by atoms with Crippen molar-refractivity contribution < 1.29 is 4.79 Å². The third kappa shape index (κ3) is 2.77. The summed E-state index contributed by atoms with van der Waals surface area (Å²) in [5.74, 6) is 0.814. The first-order valence-electron chi connectivity index (χ1n) is 7.08. The molecule has 4 nitrogen and oxygen atoms in total. The van der Waals surface area contributed by atoms with Gasteiger partial charge in [0.2, 0.25) is 0 Å². The van der Waals surface area contributed by atoms with E-state index in [1.807, 2.05) is 5.38 Å². The van der Waals surface area contributed by atoms with Gasteiger partial charge in [-0.2, -0.15) is 0 Å². The van der Waals surface area contributed by atoms with Gasteiger partial charge in [0.15, 0.2) is 0 Å². The number of carbonyl (C=O) groups excluding carboxylic acids is 1. The fraction of sp³-hybridized carbons (Fsp3) is 0.467. The number of nitrogens with one attached hydrogen (secondary N) is 2. The number of amides is 1. The van der Waals surface area contributed by atoms with Crippen molar-refractivity contribution in [2.45, 2.75) is 32.6 Å². The SMILES string of the molecule is CC1CCc2c(C(=O)NCCc3cnc[nH]3)csc2C1. The van der Waals surface area contributed by atoms with E-state index in [0.29, 0.717) is 6.54 Å². The van der Waals surface area contributed by atoms with Gasteiger partial charge in [0, 0.05) is 35.1 Å². The number of aromatic amines is 1. The van der Waals surface area contributed by atoms with Gasteiger partial charge in [-0.25, -0.2) is 4.98 Å². The standard InChI is InChI=1S/C15H19N3OS/c1-10-2-3-12-13(8-20-14(12)6-10)15(19)17-5-4-11-7-16-9-18-11/h7-10H,2-6H2,1H3,(H,16,18)(H,17,19). The summed E-state index contributed by atoms with van der Waals surface area (Å²) in [7, 11) is 0. The van der Waals surface area contributed by atoms with Crippen LogP contribution in [0.15, 0.2) is 17.9 Å². The predicted molar refractivity (Wildman–Crippen MR) is 80.1 cm³/mol. The van der Waals surface area contributed by atoms with Crippen LogP contribution in [0.5, 0.6) is 0 Å². The van der Waals surface area contributed by atoms with Gasteiger partial charge in [-0.15, -0.1) is 11.3 Å². The van der Waals surface area contributed by atoms with Crippen molar-refractivity contribution >= 4 is 17.2 Å². The van der Waals surface area contributed by atoms with E-state index in [2.05, 4.69) is 22.2 Å². The van der Waals surface area contributed by atoms with Crippen LogP contribution in [0.25, 0.3) is 0 Å². The molecular weight excluding hydrogens is 270 g/mol.